The van der Waals surface area contributed by atoms with Gasteiger partial charge in [0.15, 0.2) is 0 Å². The number of rotatable bonds is 1. The van der Waals surface area contributed by atoms with Gasteiger partial charge in [0.2, 0.25) is 0 Å². The SMILES string of the molecule is CC1C=CC(C(C)C)=N1. The summed E-state index contributed by atoms with van der Waals surface area (Å²) in [6.07, 6.45) is 4.25. The fourth-order valence-corrected chi connectivity index (χ4v) is 0.901. The Kier molecular flexibility index (Phi) is 1.70. The fraction of sp³-hybridized carbons (Fsp3) is 0.625. The molecule has 0 aliphatic carbocycles. The average molecular weight is 123 g/mol. The van der Waals surface area contributed by atoms with Crippen molar-refractivity contribution in [2.75, 3.05) is 0 Å². The predicted molar refractivity (Wildman–Crippen MR) is 40.9 cm³/mol. The van der Waals surface area contributed by atoms with Crippen LogP contribution in [0.25, 0.3) is 0 Å². The molecule has 0 saturated carbocycles. The normalized spacial score (nSPS) is 25.3. The molecule has 50 valence electrons. The molecule has 1 nitrogen and oxygen atoms in total. The molecule has 0 aromatic carbocycles. The Morgan fingerprint density at radius 3 is 2.44 bits per heavy atom. The van der Waals surface area contributed by atoms with E-state index in [1.807, 2.05) is 0 Å². The van der Waals surface area contributed by atoms with Crippen LogP contribution in [0.15, 0.2) is 17.1 Å². The van der Waals surface area contributed by atoms with Crippen molar-refractivity contribution in [1.29, 1.82) is 0 Å². The maximum Gasteiger partial charge on any atom is 0.0658 e. The molecule has 0 aromatic heterocycles. The number of nitrogens with zero attached hydrogens (tertiary/aromatic N) is 1. The van der Waals surface area contributed by atoms with Gasteiger partial charge in [-0.25, -0.2) is 0 Å². The van der Waals surface area contributed by atoms with Crippen molar-refractivity contribution in [1.82, 2.24) is 0 Å². The Morgan fingerprint density at radius 2 is 2.22 bits per heavy atom. The topological polar surface area (TPSA) is 12.4 Å². The molecule has 9 heavy (non-hydrogen) atoms. The second-order valence-corrected chi connectivity index (χ2v) is 2.81. The van der Waals surface area contributed by atoms with Gasteiger partial charge in [0.05, 0.1) is 6.04 Å². The van der Waals surface area contributed by atoms with Crippen molar-refractivity contribution in [3.05, 3.63) is 12.2 Å². The van der Waals surface area contributed by atoms with Gasteiger partial charge in [-0.2, -0.15) is 0 Å². The molecule has 0 bridgehead atoms. The Labute approximate surface area is 56.5 Å². The third kappa shape index (κ3) is 1.41. The molecule has 0 spiro atoms. The molecule has 0 fully saturated rings. The first-order chi connectivity index (χ1) is 4.20. The van der Waals surface area contributed by atoms with E-state index in [0.29, 0.717) is 12.0 Å². The minimum Gasteiger partial charge on any atom is -0.282 e. The monoisotopic (exact) mass is 123 g/mol. The van der Waals surface area contributed by atoms with E-state index in [2.05, 4.69) is 37.9 Å². The van der Waals surface area contributed by atoms with Gasteiger partial charge in [-0.3, -0.25) is 4.99 Å². The lowest BCUT2D eigenvalue weighted by Gasteiger charge is -1.99. The van der Waals surface area contributed by atoms with Crippen LogP contribution in [0.3, 0.4) is 0 Å². The molecule has 0 radical (unpaired) electrons. The minimum absolute atomic E-state index is 0.419. The van der Waals surface area contributed by atoms with E-state index in [1.54, 1.807) is 0 Å². The number of hydrogen-bond acceptors (Lipinski definition) is 1. The van der Waals surface area contributed by atoms with Crippen molar-refractivity contribution in [2.24, 2.45) is 10.9 Å². The molecule has 1 rings (SSSR count). The minimum atomic E-state index is 0.419. The first kappa shape index (κ1) is 6.53. The van der Waals surface area contributed by atoms with E-state index in [4.69, 9.17) is 0 Å². The standard InChI is InChI=1S/C8H13N/c1-6(2)8-5-4-7(3)9-8/h4-7H,1-3H3. The van der Waals surface area contributed by atoms with Gasteiger partial charge in [0.25, 0.3) is 0 Å². The number of allylic oxidation sites excluding steroid dienone is 1. The summed E-state index contributed by atoms with van der Waals surface area (Å²) >= 11 is 0. The molecule has 1 aliphatic rings. The first-order valence-electron chi connectivity index (χ1n) is 3.46. The summed E-state index contributed by atoms with van der Waals surface area (Å²) in [5.74, 6) is 0.589. The lowest BCUT2D eigenvalue weighted by Crippen LogP contribution is -2.01. The van der Waals surface area contributed by atoms with Crippen molar-refractivity contribution in [2.45, 2.75) is 26.8 Å². The third-order valence-electron chi connectivity index (χ3n) is 1.49. The van der Waals surface area contributed by atoms with E-state index in [1.165, 1.54) is 5.71 Å². The third-order valence-corrected chi connectivity index (χ3v) is 1.49. The van der Waals surface area contributed by atoms with Gasteiger partial charge < -0.3 is 0 Å². The first-order valence-corrected chi connectivity index (χ1v) is 3.46. The molecule has 1 atom stereocenters. The molecular weight excluding hydrogens is 110 g/mol. The summed E-state index contributed by atoms with van der Waals surface area (Å²) in [6, 6.07) is 0.419. The highest BCUT2D eigenvalue weighted by molar-refractivity contribution is 5.98. The Bertz CT molecular complexity index is 154. The summed E-state index contributed by atoms with van der Waals surface area (Å²) in [4.78, 5) is 4.39. The molecule has 1 aliphatic heterocycles. The smallest absolute Gasteiger partial charge is 0.0658 e. The molecule has 0 amide bonds. The molecular formula is C8H13N. The number of hydrogen-bond donors (Lipinski definition) is 0. The van der Waals surface area contributed by atoms with Gasteiger partial charge in [-0.1, -0.05) is 19.9 Å². The highest BCUT2D eigenvalue weighted by atomic mass is 14.8. The Morgan fingerprint density at radius 1 is 1.56 bits per heavy atom. The van der Waals surface area contributed by atoms with Gasteiger partial charge >= 0.3 is 0 Å². The van der Waals surface area contributed by atoms with Crippen LogP contribution in [0.2, 0.25) is 0 Å². The van der Waals surface area contributed by atoms with Crippen LogP contribution in [-0.2, 0) is 0 Å². The second kappa shape index (κ2) is 2.34. The van der Waals surface area contributed by atoms with Crippen molar-refractivity contribution in [3.63, 3.8) is 0 Å². The second-order valence-electron chi connectivity index (χ2n) is 2.81. The lowest BCUT2D eigenvalue weighted by molar-refractivity contribution is 0.864. The van der Waals surface area contributed by atoms with Crippen molar-refractivity contribution >= 4 is 5.71 Å². The molecule has 0 N–H and O–H groups in total. The summed E-state index contributed by atoms with van der Waals surface area (Å²) in [5, 5.41) is 0. The zero-order chi connectivity index (χ0) is 6.85. The summed E-state index contributed by atoms with van der Waals surface area (Å²) in [7, 11) is 0. The average Bonchev–Trinajstić information content (AvgIpc) is 2.14. The summed E-state index contributed by atoms with van der Waals surface area (Å²) in [5.41, 5.74) is 1.24. The number of aliphatic imine (C=N–C) groups is 1. The van der Waals surface area contributed by atoms with Crippen LogP contribution < -0.4 is 0 Å². The van der Waals surface area contributed by atoms with E-state index in [0.717, 1.165) is 0 Å². The van der Waals surface area contributed by atoms with Crippen LogP contribution >= 0.6 is 0 Å². The Balaban J connectivity index is 2.64. The molecule has 1 unspecified atom stereocenters. The van der Waals surface area contributed by atoms with Crippen LogP contribution in [0.4, 0.5) is 0 Å². The highest BCUT2D eigenvalue weighted by Crippen LogP contribution is 2.09. The molecule has 1 heteroatoms. The van der Waals surface area contributed by atoms with Gasteiger partial charge in [0, 0.05) is 5.71 Å². The van der Waals surface area contributed by atoms with Gasteiger partial charge in [-0.05, 0) is 18.9 Å². The van der Waals surface area contributed by atoms with Crippen molar-refractivity contribution in [3.8, 4) is 0 Å². The van der Waals surface area contributed by atoms with Crippen LogP contribution in [0.1, 0.15) is 20.8 Å². The molecule has 0 saturated heterocycles. The van der Waals surface area contributed by atoms with E-state index < -0.39 is 0 Å². The van der Waals surface area contributed by atoms with Gasteiger partial charge in [0.1, 0.15) is 0 Å². The maximum atomic E-state index is 4.39. The Hall–Kier alpha value is -0.590. The van der Waals surface area contributed by atoms with E-state index >= 15 is 0 Å². The van der Waals surface area contributed by atoms with Crippen LogP contribution in [-0.4, -0.2) is 11.8 Å². The van der Waals surface area contributed by atoms with Crippen LogP contribution in [0.5, 0.6) is 0 Å². The fourth-order valence-electron chi connectivity index (χ4n) is 0.901. The quantitative estimate of drug-likeness (QED) is 0.506. The lowest BCUT2D eigenvalue weighted by atomic mass is 10.1. The van der Waals surface area contributed by atoms with E-state index in [-0.39, 0.29) is 0 Å². The van der Waals surface area contributed by atoms with Crippen molar-refractivity contribution < 1.29 is 0 Å². The van der Waals surface area contributed by atoms with E-state index in [9.17, 15) is 0 Å². The maximum absolute atomic E-state index is 4.39. The molecule has 1 heterocycles. The summed E-state index contributed by atoms with van der Waals surface area (Å²) in [6.45, 7) is 6.44. The predicted octanol–water partition coefficient (Wildman–Crippen LogP) is 2.04. The highest BCUT2D eigenvalue weighted by Gasteiger charge is 2.07. The largest absolute Gasteiger partial charge is 0.282 e. The zero-order valence-electron chi connectivity index (χ0n) is 6.26. The van der Waals surface area contributed by atoms with Crippen LogP contribution in [0, 0.1) is 5.92 Å². The molecule has 0 aromatic rings. The summed E-state index contributed by atoms with van der Waals surface area (Å²) < 4.78 is 0. The van der Waals surface area contributed by atoms with Gasteiger partial charge in [-0.15, -0.1) is 0 Å². The zero-order valence-corrected chi connectivity index (χ0v) is 6.26.